The number of hydrogen-bond acceptors (Lipinski definition) is 6. The summed E-state index contributed by atoms with van der Waals surface area (Å²) in [7, 11) is 0. The van der Waals surface area contributed by atoms with Gasteiger partial charge in [-0.1, -0.05) is 206 Å². The zero-order valence-electron chi connectivity index (χ0n) is 34.4. The molecule has 0 radical (unpaired) electrons. The third kappa shape index (κ3) is 43.4. The van der Waals surface area contributed by atoms with Crippen LogP contribution in [-0.4, -0.2) is 70.1 Å². The molecule has 0 aliphatic heterocycles. The van der Waals surface area contributed by atoms with Crippen molar-refractivity contribution >= 4 is 6.09 Å². The Kier molecular flexibility index (Phi) is 44.5. The van der Waals surface area contributed by atoms with Gasteiger partial charge in [0.2, 0.25) is 0 Å². The predicted molar refractivity (Wildman–Crippen MR) is 217 cm³/mol. The van der Waals surface area contributed by atoms with Gasteiger partial charge in [0, 0.05) is 19.8 Å². The minimum Gasteiger partial charge on any atom is -0.447 e. The van der Waals surface area contributed by atoms with Crippen LogP contribution in [0.25, 0.3) is 0 Å². The zero-order chi connectivity index (χ0) is 37.0. The average Bonchev–Trinajstić information content (AvgIpc) is 3.14. The monoisotopic (exact) mass is 728 g/mol. The molecule has 1 amide bonds. The van der Waals surface area contributed by atoms with Crippen LogP contribution in [0.3, 0.4) is 0 Å². The number of alkyl carbamates (subject to hydrolysis) is 1. The SMILES string of the molecule is CCCCCCCCCCCCCCCCCCOCC(COC(=O)NCCOCCO)OCCCCCCCCCCCCCCCCCC. The fourth-order valence-corrected chi connectivity index (χ4v) is 6.62. The first-order valence-electron chi connectivity index (χ1n) is 22.5. The lowest BCUT2D eigenvalue weighted by atomic mass is 10.0. The largest absolute Gasteiger partial charge is 0.447 e. The molecule has 7 nitrogen and oxygen atoms in total. The van der Waals surface area contributed by atoms with Crippen molar-refractivity contribution in [2.24, 2.45) is 0 Å². The van der Waals surface area contributed by atoms with Gasteiger partial charge in [0.15, 0.2) is 0 Å². The molecule has 0 fully saturated rings. The van der Waals surface area contributed by atoms with Crippen molar-refractivity contribution in [2.75, 3.05) is 52.8 Å². The Labute approximate surface area is 317 Å². The molecule has 7 heteroatoms. The van der Waals surface area contributed by atoms with Crippen LogP contribution in [0.1, 0.15) is 219 Å². The van der Waals surface area contributed by atoms with Crippen molar-refractivity contribution in [3.05, 3.63) is 0 Å². The van der Waals surface area contributed by atoms with E-state index < -0.39 is 6.09 Å². The smallest absolute Gasteiger partial charge is 0.407 e. The molecular weight excluding hydrogens is 638 g/mol. The van der Waals surface area contributed by atoms with Crippen LogP contribution in [0.15, 0.2) is 0 Å². The number of carbonyl (C=O) groups is 1. The molecule has 0 spiro atoms. The van der Waals surface area contributed by atoms with E-state index in [1.807, 2.05) is 0 Å². The normalized spacial score (nSPS) is 12.1. The van der Waals surface area contributed by atoms with Crippen molar-refractivity contribution in [3.8, 4) is 0 Å². The molecule has 0 aliphatic rings. The number of hydrogen-bond donors (Lipinski definition) is 2. The Morgan fingerprint density at radius 2 is 0.824 bits per heavy atom. The van der Waals surface area contributed by atoms with E-state index in [9.17, 15) is 4.79 Å². The molecule has 0 aromatic heterocycles. The Morgan fingerprint density at radius 3 is 1.22 bits per heavy atom. The quantitative estimate of drug-likeness (QED) is 0.0608. The lowest BCUT2D eigenvalue weighted by molar-refractivity contribution is -0.0469. The minimum atomic E-state index is -0.476. The van der Waals surface area contributed by atoms with Gasteiger partial charge in [0.25, 0.3) is 0 Å². The highest BCUT2D eigenvalue weighted by molar-refractivity contribution is 5.67. The highest BCUT2D eigenvalue weighted by Gasteiger charge is 2.13. The van der Waals surface area contributed by atoms with E-state index in [4.69, 9.17) is 24.1 Å². The van der Waals surface area contributed by atoms with Gasteiger partial charge in [0.1, 0.15) is 12.7 Å². The van der Waals surface area contributed by atoms with Gasteiger partial charge in [-0.25, -0.2) is 4.79 Å². The summed E-state index contributed by atoms with van der Waals surface area (Å²) in [5.74, 6) is 0. The number of aliphatic hydroxyl groups is 1. The highest BCUT2D eigenvalue weighted by Crippen LogP contribution is 2.15. The maximum absolute atomic E-state index is 12.1. The number of aliphatic hydroxyl groups excluding tert-OH is 1. The second-order valence-corrected chi connectivity index (χ2v) is 15.0. The van der Waals surface area contributed by atoms with E-state index in [0.717, 1.165) is 19.4 Å². The zero-order valence-corrected chi connectivity index (χ0v) is 34.4. The molecule has 0 saturated carbocycles. The van der Waals surface area contributed by atoms with Crippen LogP contribution in [0.5, 0.6) is 0 Å². The maximum atomic E-state index is 12.1. The fraction of sp³-hybridized carbons (Fsp3) is 0.977. The molecule has 0 aliphatic carbocycles. The molecule has 0 aromatic rings. The third-order valence-electron chi connectivity index (χ3n) is 9.95. The van der Waals surface area contributed by atoms with E-state index >= 15 is 0 Å². The summed E-state index contributed by atoms with van der Waals surface area (Å²) in [6, 6.07) is 0. The summed E-state index contributed by atoms with van der Waals surface area (Å²) < 4.78 is 22.7. The topological polar surface area (TPSA) is 86.3 Å². The molecule has 0 aromatic carbocycles. The summed E-state index contributed by atoms with van der Waals surface area (Å²) in [6.45, 7) is 7.54. The van der Waals surface area contributed by atoms with Crippen LogP contribution in [0.2, 0.25) is 0 Å². The summed E-state index contributed by atoms with van der Waals surface area (Å²) in [4.78, 5) is 12.1. The lowest BCUT2D eigenvalue weighted by Gasteiger charge is -2.18. The Bertz CT molecular complexity index is 651. The van der Waals surface area contributed by atoms with E-state index in [-0.39, 0.29) is 25.9 Å². The maximum Gasteiger partial charge on any atom is 0.407 e. The van der Waals surface area contributed by atoms with Crippen molar-refractivity contribution in [1.29, 1.82) is 0 Å². The molecule has 1 atom stereocenters. The molecule has 0 rings (SSSR count). The second kappa shape index (κ2) is 45.3. The first-order valence-corrected chi connectivity index (χ1v) is 22.5. The first-order chi connectivity index (χ1) is 25.2. The first kappa shape index (κ1) is 50.1. The van der Waals surface area contributed by atoms with Gasteiger partial charge in [-0.2, -0.15) is 0 Å². The summed E-state index contributed by atoms with van der Waals surface area (Å²) in [6.07, 6.45) is 42.7. The summed E-state index contributed by atoms with van der Waals surface area (Å²) >= 11 is 0. The number of nitrogens with one attached hydrogen (secondary N) is 1. The van der Waals surface area contributed by atoms with Crippen molar-refractivity contribution < 1.29 is 28.8 Å². The molecule has 2 N–H and O–H groups in total. The van der Waals surface area contributed by atoms with Crippen LogP contribution in [0, 0.1) is 0 Å². The number of rotatable bonds is 44. The van der Waals surface area contributed by atoms with Crippen LogP contribution < -0.4 is 5.32 Å². The standard InChI is InChI=1S/C44H89NO6/c1-3-5-7-9-11-13-15-17-19-21-23-25-27-29-31-33-37-49-41-43(42-51-44(47)45-35-39-48-40-36-46)50-38-34-32-30-28-26-24-22-20-18-16-14-12-10-8-6-4-2/h43,46H,3-42H2,1-2H3,(H,45,47). The van der Waals surface area contributed by atoms with Crippen LogP contribution >= 0.6 is 0 Å². The van der Waals surface area contributed by atoms with E-state index in [1.165, 1.54) is 193 Å². The Morgan fingerprint density at radius 1 is 0.451 bits per heavy atom. The second-order valence-electron chi connectivity index (χ2n) is 15.0. The molecule has 0 heterocycles. The number of amides is 1. The van der Waals surface area contributed by atoms with Gasteiger partial charge < -0.3 is 29.4 Å². The predicted octanol–water partition coefficient (Wildman–Crippen LogP) is 12.6. The molecule has 51 heavy (non-hydrogen) atoms. The van der Waals surface area contributed by atoms with Gasteiger partial charge in [-0.3, -0.25) is 0 Å². The molecule has 0 bridgehead atoms. The molecule has 1 unspecified atom stereocenters. The van der Waals surface area contributed by atoms with Gasteiger partial charge in [-0.15, -0.1) is 0 Å². The fourth-order valence-electron chi connectivity index (χ4n) is 6.62. The highest BCUT2D eigenvalue weighted by atomic mass is 16.6. The van der Waals surface area contributed by atoms with Crippen molar-refractivity contribution in [1.82, 2.24) is 5.32 Å². The number of ether oxygens (including phenoxy) is 4. The lowest BCUT2D eigenvalue weighted by Crippen LogP contribution is -2.33. The van der Waals surface area contributed by atoms with Crippen LogP contribution in [0.4, 0.5) is 4.79 Å². The summed E-state index contributed by atoms with van der Waals surface area (Å²) in [5, 5.41) is 11.5. The Balaban J connectivity index is 3.89. The van der Waals surface area contributed by atoms with Crippen LogP contribution in [-0.2, 0) is 18.9 Å². The third-order valence-corrected chi connectivity index (χ3v) is 9.95. The van der Waals surface area contributed by atoms with E-state index in [2.05, 4.69) is 19.2 Å². The van der Waals surface area contributed by atoms with E-state index in [0.29, 0.717) is 26.4 Å². The van der Waals surface area contributed by atoms with Gasteiger partial charge in [-0.05, 0) is 12.8 Å². The van der Waals surface area contributed by atoms with E-state index in [1.54, 1.807) is 0 Å². The molecule has 0 saturated heterocycles. The van der Waals surface area contributed by atoms with Crippen molar-refractivity contribution in [2.45, 2.75) is 225 Å². The van der Waals surface area contributed by atoms with Gasteiger partial charge in [0.05, 0.1) is 26.4 Å². The Hall–Kier alpha value is -0.890. The van der Waals surface area contributed by atoms with Gasteiger partial charge >= 0.3 is 6.09 Å². The van der Waals surface area contributed by atoms with Crippen molar-refractivity contribution in [3.63, 3.8) is 0 Å². The molecular formula is C44H89NO6. The minimum absolute atomic E-state index is 0.0255. The number of carbonyl (C=O) groups excluding carboxylic acids is 1. The molecule has 306 valence electrons. The number of unbranched alkanes of at least 4 members (excludes halogenated alkanes) is 30. The average molecular weight is 728 g/mol. The summed E-state index contributed by atoms with van der Waals surface area (Å²) in [5.41, 5.74) is 0.